The highest BCUT2D eigenvalue weighted by molar-refractivity contribution is 7.15. The number of aliphatic hydroxyl groups excluding tert-OH is 1. The Labute approximate surface area is 129 Å². The molecule has 1 amide bonds. The van der Waals surface area contributed by atoms with Crippen LogP contribution in [-0.2, 0) is 0 Å². The molecule has 4 nitrogen and oxygen atoms in total. The number of amides is 1. The molecule has 0 fully saturated rings. The van der Waals surface area contributed by atoms with E-state index >= 15 is 0 Å². The lowest BCUT2D eigenvalue weighted by molar-refractivity contribution is 0.0918. The van der Waals surface area contributed by atoms with Crippen LogP contribution in [0.2, 0.25) is 0 Å². The van der Waals surface area contributed by atoms with E-state index in [-0.39, 0.29) is 12.5 Å². The van der Waals surface area contributed by atoms with E-state index in [0.29, 0.717) is 5.56 Å². The molecule has 0 aliphatic carbocycles. The van der Waals surface area contributed by atoms with E-state index < -0.39 is 6.10 Å². The average Bonchev–Trinajstić information content (AvgIpc) is 3.25. The lowest BCUT2D eigenvalue weighted by atomic mass is 10.2. The standard InChI is InChI=1S/C15H13NO3S2/c17-11(8-16-15(18)10-5-7-20-9-10)13-3-4-14(21-13)12-2-1-6-19-12/h1-7,9,11,17H,8H2,(H,16,18). The summed E-state index contributed by atoms with van der Waals surface area (Å²) in [5.41, 5.74) is 0.620. The summed E-state index contributed by atoms with van der Waals surface area (Å²) < 4.78 is 5.32. The molecule has 0 radical (unpaired) electrons. The van der Waals surface area contributed by atoms with E-state index in [9.17, 15) is 9.90 Å². The van der Waals surface area contributed by atoms with Gasteiger partial charge in [-0.15, -0.1) is 11.3 Å². The minimum atomic E-state index is -0.721. The van der Waals surface area contributed by atoms with Crippen LogP contribution >= 0.6 is 22.7 Å². The van der Waals surface area contributed by atoms with E-state index in [0.717, 1.165) is 15.5 Å². The molecule has 108 valence electrons. The number of carbonyl (C=O) groups excluding carboxylic acids is 1. The Bertz CT molecular complexity index is 701. The molecule has 3 rings (SSSR count). The van der Waals surface area contributed by atoms with Crippen molar-refractivity contribution < 1.29 is 14.3 Å². The minimum absolute atomic E-state index is 0.168. The maximum absolute atomic E-state index is 11.8. The molecule has 1 atom stereocenters. The van der Waals surface area contributed by atoms with Crippen LogP contribution in [0.15, 0.2) is 51.8 Å². The Morgan fingerprint density at radius 3 is 2.95 bits per heavy atom. The molecular formula is C15H13NO3S2. The minimum Gasteiger partial charge on any atom is -0.464 e. The summed E-state index contributed by atoms with van der Waals surface area (Å²) in [7, 11) is 0. The van der Waals surface area contributed by atoms with Crippen molar-refractivity contribution in [2.24, 2.45) is 0 Å². The first-order valence-corrected chi connectivity index (χ1v) is 8.12. The van der Waals surface area contributed by atoms with Gasteiger partial charge in [0.2, 0.25) is 0 Å². The molecule has 0 bridgehead atoms. The Morgan fingerprint density at radius 1 is 1.33 bits per heavy atom. The quantitative estimate of drug-likeness (QED) is 0.756. The molecule has 0 aliphatic heterocycles. The van der Waals surface area contributed by atoms with E-state index in [1.165, 1.54) is 22.7 Å². The van der Waals surface area contributed by atoms with Crippen molar-refractivity contribution in [3.63, 3.8) is 0 Å². The second-order valence-corrected chi connectivity index (χ2v) is 6.31. The monoisotopic (exact) mass is 319 g/mol. The molecular weight excluding hydrogens is 306 g/mol. The smallest absolute Gasteiger partial charge is 0.252 e. The van der Waals surface area contributed by atoms with Crippen LogP contribution in [0.25, 0.3) is 10.6 Å². The van der Waals surface area contributed by atoms with Crippen LogP contribution in [0.4, 0.5) is 0 Å². The number of nitrogens with one attached hydrogen (secondary N) is 1. The first kappa shape index (κ1) is 14.1. The van der Waals surface area contributed by atoms with Crippen LogP contribution in [0.5, 0.6) is 0 Å². The first-order chi connectivity index (χ1) is 10.2. The summed E-state index contributed by atoms with van der Waals surface area (Å²) in [5, 5.41) is 16.5. The molecule has 3 heterocycles. The van der Waals surface area contributed by atoms with Gasteiger partial charge in [-0.1, -0.05) is 0 Å². The summed E-state index contributed by atoms with van der Waals surface area (Å²) in [5.74, 6) is 0.610. The van der Waals surface area contributed by atoms with Crippen molar-refractivity contribution >= 4 is 28.6 Å². The molecule has 0 aromatic carbocycles. The van der Waals surface area contributed by atoms with Crippen LogP contribution in [0.1, 0.15) is 21.3 Å². The third kappa shape index (κ3) is 3.24. The maximum atomic E-state index is 11.8. The van der Waals surface area contributed by atoms with Gasteiger partial charge in [0.15, 0.2) is 0 Å². The summed E-state index contributed by atoms with van der Waals surface area (Å²) in [6.07, 6.45) is 0.896. The predicted molar refractivity (Wildman–Crippen MR) is 83.6 cm³/mol. The number of hydrogen-bond acceptors (Lipinski definition) is 5. The topological polar surface area (TPSA) is 62.5 Å². The van der Waals surface area contributed by atoms with Crippen molar-refractivity contribution in [1.29, 1.82) is 0 Å². The maximum Gasteiger partial charge on any atom is 0.252 e. The number of furan rings is 1. The largest absolute Gasteiger partial charge is 0.464 e. The van der Waals surface area contributed by atoms with Crippen molar-refractivity contribution in [3.8, 4) is 10.6 Å². The second kappa shape index (κ2) is 6.26. The summed E-state index contributed by atoms with van der Waals surface area (Å²) in [6, 6.07) is 9.21. The lowest BCUT2D eigenvalue weighted by Gasteiger charge is -2.09. The van der Waals surface area contributed by atoms with Crippen molar-refractivity contribution in [2.75, 3.05) is 6.54 Å². The highest BCUT2D eigenvalue weighted by atomic mass is 32.1. The van der Waals surface area contributed by atoms with Gasteiger partial charge in [0.25, 0.3) is 5.91 Å². The summed E-state index contributed by atoms with van der Waals surface area (Å²) >= 11 is 2.92. The second-order valence-electron chi connectivity index (χ2n) is 4.42. The highest BCUT2D eigenvalue weighted by Gasteiger charge is 2.14. The van der Waals surface area contributed by atoms with Crippen molar-refractivity contribution in [3.05, 3.63) is 57.8 Å². The number of thiophene rings is 2. The molecule has 2 N–H and O–H groups in total. The van der Waals surface area contributed by atoms with Gasteiger partial charge in [-0.05, 0) is 35.7 Å². The van der Waals surface area contributed by atoms with Gasteiger partial charge in [-0.2, -0.15) is 11.3 Å². The summed E-state index contributed by atoms with van der Waals surface area (Å²) in [6.45, 7) is 0.187. The van der Waals surface area contributed by atoms with E-state index in [1.54, 1.807) is 17.7 Å². The SMILES string of the molecule is O=C(NCC(O)c1ccc(-c2ccco2)s1)c1ccsc1. The zero-order valence-electron chi connectivity index (χ0n) is 11.0. The molecule has 0 spiro atoms. The van der Waals surface area contributed by atoms with Gasteiger partial charge in [0, 0.05) is 22.4 Å². The van der Waals surface area contributed by atoms with Crippen LogP contribution in [0.3, 0.4) is 0 Å². The Morgan fingerprint density at radius 2 is 2.24 bits per heavy atom. The van der Waals surface area contributed by atoms with Crippen LogP contribution in [-0.4, -0.2) is 17.6 Å². The third-order valence-electron chi connectivity index (χ3n) is 2.96. The van der Waals surface area contributed by atoms with Gasteiger partial charge in [0.1, 0.15) is 11.9 Å². The third-order valence-corrected chi connectivity index (χ3v) is 4.84. The van der Waals surface area contributed by atoms with Gasteiger partial charge in [0.05, 0.1) is 11.1 Å². The Hall–Kier alpha value is -1.89. The number of rotatable bonds is 5. The fourth-order valence-corrected chi connectivity index (χ4v) is 3.47. The Balaban J connectivity index is 1.61. The zero-order chi connectivity index (χ0) is 14.7. The van der Waals surface area contributed by atoms with Crippen LogP contribution in [0, 0.1) is 0 Å². The van der Waals surface area contributed by atoms with Crippen molar-refractivity contribution in [2.45, 2.75) is 6.10 Å². The van der Waals surface area contributed by atoms with Gasteiger partial charge in [-0.3, -0.25) is 4.79 Å². The lowest BCUT2D eigenvalue weighted by Crippen LogP contribution is -2.27. The molecule has 3 aromatic heterocycles. The fraction of sp³-hybridized carbons (Fsp3) is 0.133. The van der Waals surface area contributed by atoms with E-state index in [2.05, 4.69) is 5.32 Å². The van der Waals surface area contributed by atoms with Gasteiger partial charge in [-0.25, -0.2) is 0 Å². The fourth-order valence-electron chi connectivity index (χ4n) is 1.87. The number of carbonyl (C=O) groups is 1. The molecule has 0 aliphatic rings. The molecule has 1 unspecified atom stereocenters. The van der Waals surface area contributed by atoms with Crippen LogP contribution < -0.4 is 5.32 Å². The normalized spacial score (nSPS) is 12.2. The zero-order valence-corrected chi connectivity index (χ0v) is 12.6. The van der Waals surface area contributed by atoms with E-state index in [4.69, 9.17) is 4.42 Å². The highest BCUT2D eigenvalue weighted by Crippen LogP contribution is 2.31. The Kier molecular flexibility index (Phi) is 4.19. The summed E-state index contributed by atoms with van der Waals surface area (Å²) in [4.78, 5) is 13.6. The number of hydrogen-bond donors (Lipinski definition) is 2. The predicted octanol–water partition coefficient (Wildman–Crippen LogP) is 3.53. The van der Waals surface area contributed by atoms with Crippen molar-refractivity contribution in [1.82, 2.24) is 5.32 Å². The van der Waals surface area contributed by atoms with Gasteiger partial charge < -0.3 is 14.8 Å². The molecule has 6 heteroatoms. The van der Waals surface area contributed by atoms with Gasteiger partial charge >= 0.3 is 0 Å². The number of aliphatic hydroxyl groups is 1. The molecule has 3 aromatic rings. The average molecular weight is 319 g/mol. The first-order valence-electron chi connectivity index (χ1n) is 6.36. The molecule has 21 heavy (non-hydrogen) atoms. The molecule has 0 saturated carbocycles. The molecule has 0 saturated heterocycles. The van der Waals surface area contributed by atoms with E-state index in [1.807, 2.05) is 29.6 Å².